The van der Waals surface area contributed by atoms with E-state index in [1.807, 2.05) is 12.1 Å². The zero-order valence-electron chi connectivity index (χ0n) is 10.8. The average molecular weight is 251 g/mol. The van der Waals surface area contributed by atoms with Gasteiger partial charge in [-0.25, -0.2) is 0 Å². The Morgan fingerprint density at radius 2 is 2.17 bits per heavy atom. The first-order valence-corrected chi connectivity index (χ1v) is 6.53. The van der Waals surface area contributed by atoms with Gasteiger partial charge in [-0.15, -0.1) is 0 Å². The van der Waals surface area contributed by atoms with Crippen molar-refractivity contribution in [3.63, 3.8) is 0 Å². The second kappa shape index (κ2) is 6.61. The van der Waals surface area contributed by atoms with Gasteiger partial charge in [0.1, 0.15) is 0 Å². The number of fused-ring (bicyclic) bond motifs is 1. The normalized spacial score (nSPS) is 14.8. The largest absolute Gasteiger partial charge is 0.454 e. The van der Waals surface area contributed by atoms with Crippen LogP contribution >= 0.6 is 0 Å². The highest BCUT2D eigenvalue weighted by molar-refractivity contribution is 5.44. The molecule has 0 saturated carbocycles. The van der Waals surface area contributed by atoms with Gasteiger partial charge < -0.3 is 19.9 Å². The van der Waals surface area contributed by atoms with Gasteiger partial charge in [-0.3, -0.25) is 0 Å². The van der Waals surface area contributed by atoms with Crippen molar-refractivity contribution in [2.24, 2.45) is 5.92 Å². The van der Waals surface area contributed by atoms with Crippen molar-refractivity contribution in [1.29, 1.82) is 0 Å². The maximum atomic E-state index is 9.08. The Bertz CT molecular complexity index is 377. The van der Waals surface area contributed by atoms with E-state index in [4.69, 9.17) is 14.6 Å². The molecule has 0 saturated heterocycles. The molecule has 4 nitrogen and oxygen atoms in total. The molecule has 1 aliphatic rings. The van der Waals surface area contributed by atoms with E-state index in [-0.39, 0.29) is 6.61 Å². The van der Waals surface area contributed by atoms with Crippen molar-refractivity contribution < 1.29 is 14.6 Å². The van der Waals surface area contributed by atoms with Gasteiger partial charge >= 0.3 is 0 Å². The summed E-state index contributed by atoms with van der Waals surface area (Å²) in [6, 6.07) is 6.06. The summed E-state index contributed by atoms with van der Waals surface area (Å²) in [6.45, 7) is 4.47. The summed E-state index contributed by atoms with van der Waals surface area (Å²) in [5.74, 6) is 2.04. The van der Waals surface area contributed by atoms with Crippen LogP contribution in [0.25, 0.3) is 0 Å². The maximum Gasteiger partial charge on any atom is 0.231 e. The molecule has 0 amide bonds. The predicted octanol–water partition coefficient (Wildman–Crippen LogP) is 1.57. The molecule has 0 radical (unpaired) electrons. The van der Waals surface area contributed by atoms with Gasteiger partial charge in [-0.1, -0.05) is 13.0 Å². The van der Waals surface area contributed by atoms with E-state index in [9.17, 15) is 0 Å². The number of aliphatic hydroxyl groups excluding tert-OH is 1. The van der Waals surface area contributed by atoms with Gasteiger partial charge in [0.25, 0.3) is 0 Å². The molecule has 1 heterocycles. The minimum atomic E-state index is 0.257. The molecular weight excluding hydrogens is 230 g/mol. The molecule has 100 valence electrons. The van der Waals surface area contributed by atoms with Crippen LogP contribution < -0.4 is 14.8 Å². The molecule has 1 unspecified atom stereocenters. The molecular formula is C14H21NO3. The summed E-state index contributed by atoms with van der Waals surface area (Å²) in [5.41, 5.74) is 1.24. The molecule has 4 heteroatoms. The highest BCUT2D eigenvalue weighted by atomic mass is 16.7. The van der Waals surface area contributed by atoms with Crippen LogP contribution in [0.15, 0.2) is 18.2 Å². The summed E-state index contributed by atoms with van der Waals surface area (Å²) >= 11 is 0. The summed E-state index contributed by atoms with van der Waals surface area (Å²) in [6.07, 6.45) is 1.96. The van der Waals surface area contributed by atoms with E-state index in [2.05, 4.69) is 18.3 Å². The van der Waals surface area contributed by atoms with E-state index < -0.39 is 0 Å². The van der Waals surface area contributed by atoms with Crippen molar-refractivity contribution in [2.45, 2.75) is 19.8 Å². The zero-order valence-corrected chi connectivity index (χ0v) is 10.8. The highest BCUT2D eigenvalue weighted by Gasteiger charge is 2.12. The number of nitrogens with one attached hydrogen (secondary N) is 1. The fourth-order valence-corrected chi connectivity index (χ4v) is 1.97. The topological polar surface area (TPSA) is 50.7 Å². The molecule has 1 aliphatic heterocycles. The Morgan fingerprint density at radius 3 is 2.94 bits per heavy atom. The minimum Gasteiger partial charge on any atom is -0.454 e. The van der Waals surface area contributed by atoms with E-state index in [0.29, 0.717) is 12.7 Å². The lowest BCUT2D eigenvalue weighted by Gasteiger charge is -2.12. The molecule has 0 bridgehead atoms. The number of hydrogen-bond donors (Lipinski definition) is 2. The maximum absolute atomic E-state index is 9.08. The van der Waals surface area contributed by atoms with Crippen LogP contribution in [0.2, 0.25) is 0 Å². The summed E-state index contributed by atoms with van der Waals surface area (Å²) in [5, 5.41) is 12.4. The van der Waals surface area contributed by atoms with Crippen molar-refractivity contribution in [1.82, 2.24) is 5.32 Å². The Kier molecular flexibility index (Phi) is 4.84. The van der Waals surface area contributed by atoms with Gasteiger partial charge in [0.05, 0.1) is 0 Å². The van der Waals surface area contributed by atoms with Crippen LogP contribution in [0.4, 0.5) is 0 Å². The van der Waals surface area contributed by atoms with Crippen molar-refractivity contribution >= 4 is 0 Å². The van der Waals surface area contributed by atoms with Crippen LogP contribution in [-0.4, -0.2) is 31.6 Å². The van der Waals surface area contributed by atoms with Crippen molar-refractivity contribution in [3.8, 4) is 11.5 Å². The predicted molar refractivity (Wildman–Crippen MR) is 70.0 cm³/mol. The molecule has 2 N–H and O–H groups in total. The smallest absolute Gasteiger partial charge is 0.231 e. The monoisotopic (exact) mass is 251 g/mol. The highest BCUT2D eigenvalue weighted by Crippen LogP contribution is 2.32. The van der Waals surface area contributed by atoms with Gasteiger partial charge in [0, 0.05) is 13.2 Å². The molecule has 18 heavy (non-hydrogen) atoms. The fraction of sp³-hybridized carbons (Fsp3) is 0.571. The van der Waals surface area contributed by atoms with Gasteiger partial charge in [-0.05, 0) is 43.0 Å². The third-order valence-electron chi connectivity index (χ3n) is 3.30. The molecule has 2 rings (SSSR count). The Labute approximate surface area is 108 Å². The number of rotatable bonds is 7. The number of benzene rings is 1. The van der Waals surface area contributed by atoms with E-state index in [1.165, 1.54) is 5.56 Å². The van der Waals surface area contributed by atoms with Crippen molar-refractivity contribution in [2.75, 3.05) is 26.5 Å². The number of aliphatic hydroxyl groups is 1. The van der Waals surface area contributed by atoms with Crippen LogP contribution in [-0.2, 0) is 6.42 Å². The van der Waals surface area contributed by atoms with Gasteiger partial charge in [-0.2, -0.15) is 0 Å². The van der Waals surface area contributed by atoms with Gasteiger partial charge in [0.15, 0.2) is 11.5 Å². The lowest BCUT2D eigenvalue weighted by atomic mass is 10.1. The zero-order chi connectivity index (χ0) is 12.8. The van der Waals surface area contributed by atoms with E-state index in [1.54, 1.807) is 0 Å². The summed E-state index contributed by atoms with van der Waals surface area (Å²) in [7, 11) is 0. The van der Waals surface area contributed by atoms with Crippen LogP contribution in [0, 0.1) is 5.92 Å². The molecule has 1 aromatic rings. The lowest BCUT2D eigenvalue weighted by Crippen LogP contribution is -2.26. The third-order valence-corrected chi connectivity index (χ3v) is 3.30. The molecule has 0 fully saturated rings. The Hall–Kier alpha value is -1.26. The molecule has 1 aromatic carbocycles. The second-order valence-electron chi connectivity index (χ2n) is 4.60. The molecule has 1 atom stereocenters. The Morgan fingerprint density at radius 1 is 1.33 bits per heavy atom. The fourth-order valence-electron chi connectivity index (χ4n) is 1.97. The Balaban J connectivity index is 1.74. The first-order chi connectivity index (χ1) is 8.83. The summed E-state index contributed by atoms with van der Waals surface area (Å²) in [4.78, 5) is 0. The SMILES string of the molecule is CCC(CO)CNCCc1ccc2c(c1)OCO2. The molecule has 0 spiro atoms. The lowest BCUT2D eigenvalue weighted by molar-refractivity contribution is 0.174. The first-order valence-electron chi connectivity index (χ1n) is 6.53. The van der Waals surface area contributed by atoms with E-state index in [0.717, 1.165) is 37.4 Å². The standard InChI is InChI=1S/C14H21NO3/c1-2-11(9-16)8-15-6-5-12-3-4-13-14(7-12)18-10-17-13/h3-4,7,11,15-16H,2,5-6,8-10H2,1H3. The second-order valence-corrected chi connectivity index (χ2v) is 4.60. The molecule has 0 aliphatic carbocycles. The first kappa shape index (κ1) is 13.2. The van der Waals surface area contributed by atoms with Crippen LogP contribution in [0.5, 0.6) is 11.5 Å². The quantitative estimate of drug-likeness (QED) is 0.722. The number of hydrogen-bond acceptors (Lipinski definition) is 4. The van der Waals surface area contributed by atoms with Gasteiger partial charge in [0.2, 0.25) is 6.79 Å². The minimum absolute atomic E-state index is 0.257. The van der Waals surface area contributed by atoms with Crippen LogP contribution in [0.1, 0.15) is 18.9 Å². The van der Waals surface area contributed by atoms with E-state index >= 15 is 0 Å². The number of ether oxygens (including phenoxy) is 2. The third kappa shape index (κ3) is 3.37. The summed E-state index contributed by atoms with van der Waals surface area (Å²) < 4.78 is 10.6. The molecule has 0 aromatic heterocycles. The van der Waals surface area contributed by atoms with Crippen LogP contribution in [0.3, 0.4) is 0 Å². The average Bonchev–Trinajstić information content (AvgIpc) is 2.86. The van der Waals surface area contributed by atoms with Crippen molar-refractivity contribution in [3.05, 3.63) is 23.8 Å².